The highest BCUT2D eigenvalue weighted by atomic mass is 32.2. The van der Waals surface area contributed by atoms with Crippen molar-refractivity contribution < 1.29 is 22.7 Å². The molecule has 9 nitrogen and oxygen atoms in total. The maximum absolute atomic E-state index is 12.4. The monoisotopic (exact) mass is 380 g/mol. The van der Waals surface area contributed by atoms with E-state index in [-0.39, 0.29) is 29.0 Å². The van der Waals surface area contributed by atoms with Crippen molar-refractivity contribution in [2.45, 2.75) is 17.5 Å². The predicted molar refractivity (Wildman–Crippen MR) is 91.9 cm³/mol. The van der Waals surface area contributed by atoms with Crippen molar-refractivity contribution in [1.29, 1.82) is 0 Å². The minimum Gasteiger partial charge on any atom is -0.376 e. The summed E-state index contributed by atoms with van der Waals surface area (Å²) < 4.78 is 38.0. The Labute approximate surface area is 151 Å². The number of ether oxygens (including phenoxy) is 2. The van der Waals surface area contributed by atoms with Gasteiger partial charge in [0.15, 0.2) is 0 Å². The molecule has 1 aromatic heterocycles. The van der Waals surface area contributed by atoms with Gasteiger partial charge in [-0.15, -0.1) is 0 Å². The second-order valence-electron chi connectivity index (χ2n) is 5.71. The van der Waals surface area contributed by atoms with Crippen molar-refractivity contribution in [3.63, 3.8) is 0 Å². The first-order chi connectivity index (χ1) is 12.5. The molecule has 0 radical (unpaired) electrons. The molecule has 2 heterocycles. The fourth-order valence-corrected chi connectivity index (χ4v) is 3.46. The molecular formula is C16H20N4O5S. The summed E-state index contributed by atoms with van der Waals surface area (Å²) in [5, 5.41) is 9.16. The van der Waals surface area contributed by atoms with E-state index in [9.17, 15) is 13.2 Å². The largest absolute Gasteiger partial charge is 0.376 e. The zero-order valence-corrected chi connectivity index (χ0v) is 14.8. The fourth-order valence-electron chi connectivity index (χ4n) is 2.41. The molecule has 26 heavy (non-hydrogen) atoms. The number of nitrogens with zero attached hydrogens (tertiary/aromatic N) is 1. The number of amides is 1. The lowest BCUT2D eigenvalue weighted by Gasteiger charge is -2.23. The average molecular weight is 380 g/mol. The van der Waals surface area contributed by atoms with Crippen molar-refractivity contribution in [1.82, 2.24) is 20.2 Å². The van der Waals surface area contributed by atoms with E-state index in [1.165, 1.54) is 24.4 Å². The molecule has 3 rings (SSSR count). The molecule has 2 aromatic rings. The number of carbonyl (C=O) groups excluding carboxylic acids is 1. The van der Waals surface area contributed by atoms with Crippen LogP contribution in [0.2, 0.25) is 0 Å². The van der Waals surface area contributed by atoms with Crippen LogP contribution in [0, 0.1) is 0 Å². The van der Waals surface area contributed by atoms with Crippen molar-refractivity contribution in [2.24, 2.45) is 0 Å². The van der Waals surface area contributed by atoms with Crippen LogP contribution in [0.1, 0.15) is 16.1 Å². The first-order valence-electron chi connectivity index (χ1n) is 8.10. The summed E-state index contributed by atoms with van der Waals surface area (Å²) in [6.07, 6.45) is 1.34. The fraction of sp³-hybridized carbons (Fsp3) is 0.375. The van der Waals surface area contributed by atoms with Gasteiger partial charge in [-0.3, -0.25) is 9.89 Å². The molecule has 1 atom stereocenters. The summed E-state index contributed by atoms with van der Waals surface area (Å²) in [5.74, 6) is -0.371. The highest BCUT2D eigenvalue weighted by molar-refractivity contribution is 7.89. The molecule has 0 aliphatic carbocycles. The van der Waals surface area contributed by atoms with Gasteiger partial charge in [-0.1, -0.05) is 6.07 Å². The smallest absolute Gasteiger partial charge is 0.251 e. The van der Waals surface area contributed by atoms with E-state index in [4.69, 9.17) is 9.47 Å². The van der Waals surface area contributed by atoms with Gasteiger partial charge < -0.3 is 14.8 Å². The zero-order valence-electron chi connectivity index (χ0n) is 14.0. The summed E-state index contributed by atoms with van der Waals surface area (Å²) in [5.41, 5.74) is 0.892. The van der Waals surface area contributed by atoms with Crippen LogP contribution in [-0.2, 0) is 26.0 Å². The molecule has 1 fully saturated rings. The van der Waals surface area contributed by atoms with Gasteiger partial charge in [-0.2, -0.15) is 5.10 Å². The number of sulfonamides is 1. The highest BCUT2D eigenvalue weighted by Gasteiger charge is 2.18. The molecule has 0 bridgehead atoms. The first-order valence-corrected chi connectivity index (χ1v) is 9.58. The Morgan fingerprint density at radius 2 is 2.19 bits per heavy atom. The van der Waals surface area contributed by atoms with Crippen LogP contribution in [0.5, 0.6) is 0 Å². The van der Waals surface area contributed by atoms with Gasteiger partial charge in [0.05, 0.1) is 43.1 Å². The quantitative estimate of drug-likeness (QED) is 0.623. The maximum atomic E-state index is 12.4. The highest BCUT2D eigenvalue weighted by Crippen LogP contribution is 2.12. The first kappa shape index (κ1) is 18.5. The Balaban J connectivity index is 1.61. The summed E-state index contributed by atoms with van der Waals surface area (Å²) in [7, 11) is -3.75. The Hall–Kier alpha value is -2.27. The molecule has 1 aliphatic rings. The van der Waals surface area contributed by atoms with Gasteiger partial charge in [0.2, 0.25) is 10.0 Å². The standard InChI is InChI=1S/C16H20N4O5S/c21-16(17-10-14-11-24-6-7-25-14)12-2-1-3-15(8-12)26(22,23)19-9-13-4-5-18-20-13/h1-5,8,14,19H,6-7,9-11H2,(H,17,21)(H,18,20)/t14-/m1/s1. The average Bonchev–Trinajstić information content (AvgIpc) is 3.19. The van der Waals surface area contributed by atoms with Gasteiger partial charge in [0.1, 0.15) is 0 Å². The Kier molecular flexibility index (Phi) is 5.99. The third kappa shape index (κ3) is 4.88. The van der Waals surface area contributed by atoms with Crippen LogP contribution in [0.3, 0.4) is 0 Å². The summed E-state index contributed by atoms with van der Waals surface area (Å²) in [6.45, 7) is 1.85. The van der Waals surface area contributed by atoms with E-state index >= 15 is 0 Å². The lowest BCUT2D eigenvalue weighted by Crippen LogP contribution is -2.39. The maximum Gasteiger partial charge on any atom is 0.251 e. The molecule has 0 saturated carbocycles. The lowest BCUT2D eigenvalue weighted by atomic mass is 10.2. The van der Waals surface area contributed by atoms with E-state index in [2.05, 4.69) is 20.2 Å². The predicted octanol–water partition coefficient (Wildman–Crippen LogP) is 0.0334. The van der Waals surface area contributed by atoms with Crippen molar-refractivity contribution >= 4 is 15.9 Å². The number of hydrogen-bond acceptors (Lipinski definition) is 6. The Morgan fingerprint density at radius 1 is 1.31 bits per heavy atom. The van der Waals surface area contributed by atoms with E-state index in [0.717, 1.165) is 0 Å². The summed E-state index contributed by atoms with van der Waals surface area (Å²) in [4.78, 5) is 12.3. The van der Waals surface area contributed by atoms with E-state index in [1.807, 2.05) is 0 Å². The van der Waals surface area contributed by atoms with E-state index < -0.39 is 10.0 Å². The van der Waals surface area contributed by atoms with Gasteiger partial charge in [-0.05, 0) is 24.3 Å². The molecule has 0 spiro atoms. The van der Waals surface area contributed by atoms with Crippen molar-refractivity contribution in [2.75, 3.05) is 26.4 Å². The lowest BCUT2D eigenvalue weighted by molar-refractivity contribution is -0.0855. The van der Waals surface area contributed by atoms with Crippen LogP contribution in [0.25, 0.3) is 0 Å². The van der Waals surface area contributed by atoms with Gasteiger partial charge >= 0.3 is 0 Å². The molecule has 10 heteroatoms. The molecular weight excluding hydrogens is 360 g/mol. The zero-order chi connectivity index (χ0) is 18.4. The second-order valence-corrected chi connectivity index (χ2v) is 7.48. The molecule has 0 unspecified atom stereocenters. The molecule has 3 N–H and O–H groups in total. The van der Waals surface area contributed by atoms with Crippen LogP contribution < -0.4 is 10.0 Å². The molecule has 1 amide bonds. The minimum absolute atomic E-state index is 0.0157. The molecule has 1 aromatic carbocycles. The number of nitrogens with one attached hydrogen (secondary N) is 3. The van der Waals surface area contributed by atoms with Gasteiger partial charge in [-0.25, -0.2) is 13.1 Å². The number of benzene rings is 1. The topological polar surface area (TPSA) is 122 Å². The number of aromatic amines is 1. The third-order valence-corrected chi connectivity index (χ3v) is 5.19. The Morgan fingerprint density at radius 3 is 2.92 bits per heavy atom. The summed E-state index contributed by atoms with van der Waals surface area (Å²) >= 11 is 0. The van der Waals surface area contributed by atoms with E-state index in [0.29, 0.717) is 32.1 Å². The van der Waals surface area contributed by atoms with Crippen LogP contribution in [0.15, 0.2) is 41.4 Å². The van der Waals surface area contributed by atoms with Crippen LogP contribution in [-0.4, -0.2) is 57.0 Å². The number of hydrogen-bond donors (Lipinski definition) is 3. The van der Waals surface area contributed by atoms with Crippen molar-refractivity contribution in [3.8, 4) is 0 Å². The minimum atomic E-state index is -3.75. The van der Waals surface area contributed by atoms with Gasteiger partial charge in [0.25, 0.3) is 5.91 Å². The molecule has 140 valence electrons. The third-order valence-electron chi connectivity index (χ3n) is 3.79. The molecule has 1 saturated heterocycles. The van der Waals surface area contributed by atoms with Gasteiger partial charge in [0, 0.05) is 18.3 Å². The molecule has 1 aliphatic heterocycles. The van der Waals surface area contributed by atoms with Crippen molar-refractivity contribution in [3.05, 3.63) is 47.8 Å². The number of carbonyl (C=O) groups is 1. The Bertz CT molecular complexity index is 832. The number of rotatable bonds is 7. The number of aromatic nitrogens is 2. The van der Waals surface area contributed by atoms with Crippen LogP contribution in [0.4, 0.5) is 0 Å². The second kappa shape index (κ2) is 8.41. The summed E-state index contributed by atoms with van der Waals surface area (Å²) in [6, 6.07) is 7.53. The van der Waals surface area contributed by atoms with E-state index in [1.54, 1.807) is 12.1 Å². The SMILES string of the molecule is O=C(NC[C@@H]1COCCO1)c1cccc(S(=O)(=O)NCc2ccn[nH]2)c1. The normalized spacial score (nSPS) is 17.8. The van der Waals surface area contributed by atoms with Crippen LogP contribution >= 0.6 is 0 Å². The number of H-pyrrole nitrogens is 1.